The highest BCUT2D eigenvalue weighted by molar-refractivity contribution is 5.92. The molecule has 0 saturated carbocycles. The van der Waals surface area contributed by atoms with Gasteiger partial charge in [-0.2, -0.15) is 0 Å². The molecule has 1 fully saturated rings. The summed E-state index contributed by atoms with van der Waals surface area (Å²) in [5.41, 5.74) is 2.91. The van der Waals surface area contributed by atoms with Gasteiger partial charge in [0.05, 0.1) is 0 Å². The van der Waals surface area contributed by atoms with Gasteiger partial charge in [-0.25, -0.2) is 4.98 Å². The van der Waals surface area contributed by atoms with Gasteiger partial charge < -0.3 is 14.0 Å². The van der Waals surface area contributed by atoms with Crippen LogP contribution < -0.4 is 0 Å². The number of carbonyl (C=O) groups is 1. The standard InChI is InChI=1S/C20H23N5O/c1-15-11-22-19(17-5-3-8-21-12-17)25(15)14-16-7-10-24(13-16)20(26)18-6-4-9-23(18)2/h3-6,8-9,11-12,16H,7,10,13-14H2,1-2H3. The Morgan fingerprint density at radius 3 is 2.88 bits per heavy atom. The Hall–Kier alpha value is -2.89. The summed E-state index contributed by atoms with van der Waals surface area (Å²) in [5.74, 6) is 1.50. The molecule has 6 heteroatoms. The zero-order valence-corrected chi connectivity index (χ0v) is 15.2. The lowest BCUT2D eigenvalue weighted by atomic mass is 10.1. The zero-order valence-electron chi connectivity index (χ0n) is 15.2. The van der Waals surface area contributed by atoms with E-state index in [0.717, 1.165) is 48.8 Å². The molecule has 26 heavy (non-hydrogen) atoms. The summed E-state index contributed by atoms with van der Waals surface area (Å²) in [6.07, 6.45) is 8.45. The minimum atomic E-state index is 0.120. The van der Waals surface area contributed by atoms with Crippen molar-refractivity contribution in [3.05, 3.63) is 60.4 Å². The van der Waals surface area contributed by atoms with Gasteiger partial charge in [0.1, 0.15) is 11.5 Å². The van der Waals surface area contributed by atoms with Crippen LogP contribution in [0.4, 0.5) is 0 Å². The summed E-state index contributed by atoms with van der Waals surface area (Å²) >= 11 is 0. The maximum absolute atomic E-state index is 12.7. The molecule has 3 aromatic rings. The van der Waals surface area contributed by atoms with Crippen molar-refractivity contribution in [1.29, 1.82) is 0 Å². The molecule has 0 aromatic carbocycles. The second-order valence-corrected chi connectivity index (χ2v) is 6.99. The molecule has 6 nitrogen and oxygen atoms in total. The van der Waals surface area contributed by atoms with Crippen LogP contribution in [-0.4, -0.2) is 43.0 Å². The van der Waals surface area contributed by atoms with E-state index in [0.29, 0.717) is 5.92 Å². The van der Waals surface area contributed by atoms with Crippen molar-refractivity contribution in [3.63, 3.8) is 0 Å². The highest BCUT2D eigenvalue weighted by Crippen LogP contribution is 2.25. The van der Waals surface area contributed by atoms with E-state index in [1.54, 1.807) is 6.20 Å². The highest BCUT2D eigenvalue weighted by Gasteiger charge is 2.29. The maximum atomic E-state index is 12.7. The van der Waals surface area contributed by atoms with Crippen molar-refractivity contribution in [2.75, 3.05) is 13.1 Å². The van der Waals surface area contributed by atoms with Gasteiger partial charge in [0, 0.05) is 62.7 Å². The Morgan fingerprint density at radius 1 is 1.27 bits per heavy atom. The average molecular weight is 349 g/mol. The molecule has 1 aliphatic rings. The van der Waals surface area contributed by atoms with E-state index in [9.17, 15) is 4.79 Å². The number of carbonyl (C=O) groups excluding carboxylic acids is 1. The number of amides is 1. The molecule has 1 saturated heterocycles. The number of pyridine rings is 1. The number of likely N-dealkylation sites (tertiary alicyclic amines) is 1. The summed E-state index contributed by atoms with van der Waals surface area (Å²) in [7, 11) is 1.91. The quantitative estimate of drug-likeness (QED) is 0.728. The van der Waals surface area contributed by atoms with Crippen molar-refractivity contribution >= 4 is 5.91 Å². The summed E-state index contributed by atoms with van der Waals surface area (Å²) < 4.78 is 4.13. The fraction of sp³-hybridized carbons (Fsp3) is 0.350. The third-order valence-electron chi connectivity index (χ3n) is 5.15. The van der Waals surface area contributed by atoms with Crippen LogP contribution in [-0.2, 0) is 13.6 Å². The minimum Gasteiger partial charge on any atom is -0.347 e. The molecule has 134 valence electrons. The molecule has 3 aromatic heterocycles. The molecule has 4 heterocycles. The van der Waals surface area contributed by atoms with Crippen LogP contribution in [0.1, 0.15) is 22.6 Å². The highest BCUT2D eigenvalue weighted by atomic mass is 16.2. The van der Waals surface area contributed by atoms with Crippen LogP contribution in [0, 0.1) is 12.8 Å². The number of aromatic nitrogens is 4. The molecule has 0 radical (unpaired) electrons. The van der Waals surface area contributed by atoms with E-state index >= 15 is 0 Å². The predicted octanol–water partition coefficient (Wildman–Crippen LogP) is 2.75. The summed E-state index contributed by atoms with van der Waals surface area (Å²) in [6.45, 7) is 4.54. The second kappa shape index (κ2) is 6.78. The topological polar surface area (TPSA) is 56.0 Å². The van der Waals surface area contributed by atoms with Crippen molar-refractivity contribution in [3.8, 4) is 11.4 Å². The molecule has 1 amide bonds. The van der Waals surface area contributed by atoms with Crippen LogP contribution in [0.15, 0.2) is 49.1 Å². The zero-order chi connectivity index (χ0) is 18.1. The predicted molar refractivity (Wildman–Crippen MR) is 99.6 cm³/mol. The van der Waals surface area contributed by atoms with Crippen LogP contribution >= 0.6 is 0 Å². The van der Waals surface area contributed by atoms with E-state index in [1.165, 1.54) is 0 Å². The summed E-state index contributed by atoms with van der Waals surface area (Å²) in [4.78, 5) is 23.5. The van der Waals surface area contributed by atoms with E-state index < -0.39 is 0 Å². The molecule has 0 N–H and O–H groups in total. The first kappa shape index (κ1) is 16.6. The minimum absolute atomic E-state index is 0.120. The van der Waals surface area contributed by atoms with Gasteiger partial charge in [0.2, 0.25) is 0 Å². The van der Waals surface area contributed by atoms with Gasteiger partial charge in [-0.05, 0) is 43.5 Å². The molecular formula is C20H23N5O. The van der Waals surface area contributed by atoms with Crippen molar-refractivity contribution in [1.82, 2.24) is 24.0 Å². The Balaban J connectivity index is 1.49. The number of aryl methyl sites for hydroxylation is 2. The van der Waals surface area contributed by atoms with E-state index in [2.05, 4.69) is 21.5 Å². The Morgan fingerprint density at radius 2 is 2.15 bits per heavy atom. The van der Waals surface area contributed by atoms with Gasteiger partial charge in [-0.3, -0.25) is 9.78 Å². The molecule has 1 aliphatic heterocycles. The van der Waals surface area contributed by atoms with Crippen molar-refractivity contribution < 1.29 is 4.79 Å². The molecule has 0 bridgehead atoms. The first-order valence-corrected chi connectivity index (χ1v) is 8.96. The van der Waals surface area contributed by atoms with Crippen LogP contribution in [0.25, 0.3) is 11.4 Å². The Labute approximate surface area is 153 Å². The average Bonchev–Trinajstić information content (AvgIpc) is 3.37. The SMILES string of the molecule is Cc1cnc(-c2cccnc2)n1CC1CCN(C(=O)c2cccn2C)C1. The molecule has 0 spiro atoms. The lowest BCUT2D eigenvalue weighted by Crippen LogP contribution is -2.30. The van der Waals surface area contributed by atoms with E-state index in [1.807, 2.05) is 59.4 Å². The Bertz CT molecular complexity index is 911. The van der Waals surface area contributed by atoms with Gasteiger partial charge in [0.15, 0.2) is 0 Å². The second-order valence-electron chi connectivity index (χ2n) is 6.99. The normalized spacial score (nSPS) is 17.0. The van der Waals surface area contributed by atoms with E-state index in [4.69, 9.17) is 0 Å². The first-order chi connectivity index (χ1) is 12.6. The third kappa shape index (κ3) is 3.03. The number of hydrogen-bond acceptors (Lipinski definition) is 3. The Kier molecular flexibility index (Phi) is 4.32. The number of imidazole rings is 1. The fourth-order valence-corrected chi connectivity index (χ4v) is 3.69. The third-order valence-corrected chi connectivity index (χ3v) is 5.15. The van der Waals surface area contributed by atoms with Gasteiger partial charge in [-0.15, -0.1) is 0 Å². The van der Waals surface area contributed by atoms with Gasteiger partial charge in [0.25, 0.3) is 5.91 Å². The monoisotopic (exact) mass is 349 g/mol. The largest absolute Gasteiger partial charge is 0.347 e. The van der Waals surface area contributed by atoms with Crippen LogP contribution in [0.3, 0.4) is 0 Å². The lowest BCUT2D eigenvalue weighted by Gasteiger charge is -2.18. The number of nitrogens with zero attached hydrogens (tertiary/aromatic N) is 5. The van der Waals surface area contributed by atoms with Crippen molar-refractivity contribution in [2.45, 2.75) is 19.9 Å². The molecule has 0 aliphatic carbocycles. The lowest BCUT2D eigenvalue weighted by molar-refractivity contribution is 0.0776. The van der Waals surface area contributed by atoms with Crippen LogP contribution in [0.2, 0.25) is 0 Å². The summed E-state index contributed by atoms with van der Waals surface area (Å²) in [5, 5.41) is 0. The molecule has 4 rings (SSSR count). The van der Waals surface area contributed by atoms with Gasteiger partial charge >= 0.3 is 0 Å². The van der Waals surface area contributed by atoms with Crippen LogP contribution in [0.5, 0.6) is 0 Å². The number of hydrogen-bond donors (Lipinski definition) is 0. The fourth-order valence-electron chi connectivity index (χ4n) is 3.69. The summed E-state index contributed by atoms with van der Waals surface area (Å²) in [6, 6.07) is 7.76. The van der Waals surface area contributed by atoms with Gasteiger partial charge in [-0.1, -0.05) is 0 Å². The van der Waals surface area contributed by atoms with E-state index in [-0.39, 0.29) is 5.91 Å². The number of rotatable bonds is 4. The molecular weight excluding hydrogens is 326 g/mol. The molecule has 1 unspecified atom stereocenters. The maximum Gasteiger partial charge on any atom is 0.270 e. The van der Waals surface area contributed by atoms with Crippen molar-refractivity contribution in [2.24, 2.45) is 13.0 Å². The first-order valence-electron chi connectivity index (χ1n) is 8.96. The molecule has 1 atom stereocenters. The smallest absolute Gasteiger partial charge is 0.270 e.